The van der Waals surface area contributed by atoms with Gasteiger partial charge in [0.25, 0.3) is 0 Å². The molecule has 6 heteroatoms. The highest BCUT2D eigenvalue weighted by atomic mass is 16.5. The molecule has 0 aliphatic heterocycles. The molecule has 1 N–H and O–H groups in total. The Morgan fingerprint density at radius 3 is 2.50 bits per heavy atom. The van der Waals surface area contributed by atoms with E-state index in [2.05, 4.69) is 37.4 Å². The maximum Gasteiger partial charge on any atom is 0.358 e. The summed E-state index contributed by atoms with van der Waals surface area (Å²) in [7, 11) is 1.31. The van der Waals surface area contributed by atoms with Gasteiger partial charge in [0.15, 0.2) is 5.69 Å². The fourth-order valence-electron chi connectivity index (χ4n) is 2.18. The number of esters is 1. The Labute approximate surface area is 139 Å². The molecule has 0 aliphatic carbocycles. The standard InChI is InChI=1S/C18H16N4O2/c1-24-18(23)16-8-9-17(22-21-16)20-11-13-4-6-14(7-5-13)15-3-2-10-19-12-15/h2-10,12H,11H2,1H3,(H,20,22). The zero-order valence-electron chi connectivity index (χ0n) is 13.1. The maximum atomic E-state index is 11.3. The predicted octanol–water partition coefficient (Wildman–Crippen LogP) is 2.94. The highest BCUT2D eigenvalue weighted by Crippen LogP contribution is 2.18. The fourth-order valence-corrected chi connectivity index (χ4v) is 2.18. The number of nitrogens with one attached hydrogen (secondary N) is 1. The van der Waals surface area contributed by atoms with Gasteiger partial charge in [0, 0.05) is 18.9 Å². The number of hydrogen-bond donors (Lipinski definition) is 1. The van der Waals surface area contributed by atoms with E-state index in [1.807, 2.05) is 30.5 Å². The monoisotopic (exact) mass is 320 g/mol. The summed E-state index contributed by atoms with van der Waals surface area (Å²) in [5, 5.41) is 10.9. The molecule has 0 radical (unpaired) electrons. The topological polar surface area (TPSA) is 77.0 Å². The SMILES string of the molecule is COC(=O)c1ccc(NCc2ccc(-c3cccnc3)cc2)nn1. The van der Waals surface area contributed by atoms with Crippen molar-refractivity contribution in [2.75, 3.05) is 12.4 Å². The molecule has 0 atom stereocenters. The van der Waals surface area contributed by atoms with Gasteiger partial charge in [-0.15, -0.1) is 10.2 Å². The van der Waals surface area contributed by atoms with E-state index in [1.54, 1.807) is 18.3 Å². The molecular formula is C18H16N4O2. The summed E-state index contributed by atoms with van der Waals surface area (Å²) >= 11 is 0. The van der Waals surface area contributed by atoms with Gasteiger partial charge >= 0.3 is 5.97 Å². The number of hydrogen-bond acceptors (Lipinski definition) is 6. The van der Waals surface area contributed by atoms with E-state index in [1.165, 1.54) is 7.11 Å². The molecule has 1 aromatic carbocycles. The molecule has 0 saturated heterocycles. The average Bonchev–Trinajstić information content (AvgIpc) is 2.67. The van der Waals surface area contributed by atoms with Crippen LogP contribution in [0.15, 0.2) is 60.9 Å². The van der Waals surface area contributed by atoms with Crippen LogP contribution in [0.2, 0.25) is 0 Å². The molecule has 0 fully saturated rings. The van der Waals surface area contributed by atoms with Crippen molar-refractivity contribution in [2.45, 2.75) is 6.54 Å². The summed E-state index contributed by atoms with van der Waals surface area (Å²) < 4.78 is 4.59. The van der Waals surface area contributed by atoms with Crippen LogP contribution in [-0.4, -0.2) is 28.3 Å². The first kappa shape index (κ1) is 15.6. The number of nitrogens with zero attached hydrogens (tertiary/aromatic N) is 3. The van der Waals surface area contributed by atoms with Gasteiger partial charge in [-0.1, -0.05) is 30.3 Å². The van der Waals surface area contributed by atoms with Crippen LogP contribution in [0.4, 0.5) is 5.82 Å². The molecule has 3 aromatic rings. The van der Waals surface area contributed by atoms with E-state index in [9.17, 15) is 4.79 Å². The van der Waals surface area contributed by atoms with E-state index < -0.39 is 5.97 Å². The molecule has 2 heterocycles. The van der Waals surface area contributed by atoms with Crippen molar-refractivity contribution in [3.63, 3.8) is 0 Å². The minimum atomic E-state index is -0.500. The van der Waals surface area contributed by atoms with E-state index >= 15 is 0 Å². The molecule has 0 unspecified atom stereocenters. The lowest BCUT2D eigenvalue weighted by atomic mass is 10.1. The molecular weight excluding hydrogens is 304 g/mol. The van der Waals surface area contributed by atoms with Crippen LogP contribution >= 0.6 is 0 Å². The number of pyridine rings is 1. The molecule has 3 rings (SSSR count). The summed E-state index contributed by atoms with van der Waals surface area (Å²) in [5.74, 6) is 0.0963. The number of ether oxygens (including phenoxy) is 1. The quantitative estimate of drug-likeness (QED) is 0.728. The Bertz CT molecular complexity index is 803. The van der Waals surface area contributed by atoms with Crippen molar-refractivity contribution in [1.29, 1.82) is 0 Å². The van der Waals surface area contributed by atoms with E-state index in [-0.39, 0.29) is 5.69 Å². The number of carbonyl (C=O) groups is 1. The summed E-state index contributed by atoms with van der Waals surface area (Å²) in [6, 6.07) is 15.4. The van der Waals surface area contributed by atoms with Crippen molar-refractivity contribution in [3.05, 3.63) is 72.2 Å². The van der Waals surface area contributed by atoms with Crippen molar-refractivity contribution >= 4 is 11.8 Å². The van der Waals surface area contributed by atoms with Crippen molar-refractivity contribution in [3.8, 4) is 11.1 Å². The second-order valence-electron chi connectivity index (χ2n) is 5.09. The van der Waals surface area contributed by atoms with Crippen LogP contribution < -0.4 is 5.32 Å². The third-order valence-corrected chi connectivity index (χ3v) is 3.48. The van der Waals surface area contributed by atoms with Crippen molar-refractivity contribution in [1.82, 2.24) is 15.2 Å². The van der Waals surface area contributed by atoms with Crippen LogP contribution in [0.1, 0.15) is 16.1 Å². The maximum absolute atomic E-state index is 11.3. The van der Waals surface area contributed by atoms with Crippen LogP contribution in [-0.2, 0) is 11.3 Å². The third-order valence-electron chi connectivity index (χ3n) is 3.48. The van der Waals surface area contributed by atoms with Crippen LogP contribution in [0, 0.1) is 0 Å². The van der Waals surface area contributed by atoms with Gasteiger partial charge in [-0.25, -0.2) is 4.79 Å². The Kier molecular flexibility index (Phi) is 4.76. The van der Waals surface area contributed by atoms with Crippen LogP contribution in [0.5, 0.6) is 0 Å². The molecule has 0 amide bonds. The van der Waals surface area contributed by atoms with Gasteiger partial charge < -0.3 is 10.1 Å². The average molecular weight is 320 g/mol. The largest absolute Gasteiger partial charge is 0.464 e. The van der Waals surface area contributed by atoms with Crippen molar-refractivity contribution < 1.29 is 9.53 Å². The van der Waals surface area contributed by atoms with Gasteiger partial charge in [0.1, 0.15) is 5.82 Å². The van der Waals surface area contributed by atoms with E-state index in [0.29, 0.717) is 12.4 Å². The van der Waals surface area contributed by atoms with Crippen LogP contribution in [0.3, 0.4) is 0 Å². The minimum Gasteiger partial charge on any atom is -0.464 e. The first-order chi connectivity index (χ1) is 11.8. The van der Waals surface area contributed by atoms with Gasteiger partial charge in [-0.3, -0.25) is 4.98 Å². The first-order valence-corrected chi connectivity index (χ1v) is 7.41. The fraction of sp³-hybridized carbons (Fsp3) is 0.111. The van der Waals surface area contributed by atoms with Gasteiger partial charge in [-0.05, 0) is 34.9 Å². The Balaban J connectivity index is 1.61. The molecule has 0 spiro atoms. The van der Waals surface area contributed by atoms with Crippen molar-refractivity contribution in [2.24, 2.45) is 0 Å². The number of carbonyl (C=O) groups excluding carboxylic acids is 1. The summed E-state index contributed by atoms with van der Waals surface area (Å²) in [6.45, 7) is 0.611. The smallest absolute Gasteiger partial charge is 0.358 e. The zero-order valence-corrected chi connectivity index (χ0v) is 13.1. The van der Waals surface area contributed by atoms with E-state index in [0.717, 1.165) is 16.7 Å². The number of methoxy groups -OCH3 is 1. The lowest BCUT2D eigenvalue weighted by Crippen LogP contribution is -2.08. The molecule has 0 bridgehead atoms. The Morgan fingerprint density at radius 2 is 1.88 bits per heavy atom. The molecule has 6 nitrogen and oxygen atoms in total. The molecule has 0 saturated carbocycles. The number of aromatic nitrogens is 3. The predicted molar refractivity (Wildman–Crippen MR) is 90.4 cm³/mol. The number of rotatable bonds is 5. The van der Waals surface area contributed by atoms with Gasteiger partial charge in [0.05, 0.1) is 7.11 Å². The second-order valence-corrected chi connectivity index (χ2v) is 5.09. The van der Waals surface area contributed by atoms with E-state index in [4.69, 9.17) is 0 Å². The summed E-state index contributed by atoms with van der Waals surface area (Å²) in [6.07, 6.45) is 3.60. The molecule has 0 aliphatic rings. The van der Waals surface area contributed by atoms with Gasteiger partial charge in [0.2, 0.25) is 0 Å². The number of benzene rings is 1. The second kappa shape index (κ2) is 7.32. The summed E-state index contributed by atoms with van der Waals surface area (Å²) in [4.78, 5) is 15.4. The minimum absolute atomic E-state index is 0.184. The lowest BCUT2D eigenvalue weighted by molar-refractivity contribution is 0.0593. The van der Waals surface area contributed by atoms with Gasteiger partial charge in [-0.2, -0.15) is 0 Å². The first-order valence-electron chi connectivity index (χ1n) is 7.41. The summed E-state index contributed by atoms with van der Waals surface area (Å²) in [5.41, 5.74) is 3.50. The highest BCUT2D eigenvalue weighted by Gasteiger charge is 2.07. The normalized spacial score (nSPS) is 10.2. The zero-order chi connectivity index (χ0) is 16.8. The lowest BCUT2D eigenvalue weighted by Gasteiger charge is -2.07. The van der Waals surface area contributed by atoms with Crippen LogP contribution in [0.25, 0.3) is 11.1 Å². The molecule has 2 aromatic heterocycles. The third kappa shape index (κ3) is 3.73. The highest BCUT2D eigenvalue weighted by molar-refractivity contribution is 5.86. The molecule has 120 valence electrons. The number of anilines is 1. The Morgan fingerprint density at radius 1 is 1.04 bits per heavy atom. The Hall–Kier alpha value is -3.28. The molecule has 24 heavy (non-hydrogen) atoms.